The molecule has 0 saturated heterocycles. The molecule has 37 heavy (non-hydrogen) atoms. The average molecular weight is 511 g/mol. The molecule has 6 nitrogen and oxygen atoms in total. The Morgan fingerprint density at radius 2 is 1.65 bits per heavy atom. The number of nitrogens with zero attached hydrogens (tertiary/aromatic N) is 2. The van der Waals surface area contributed by atoms with Gasteiger partial charge >= 0.3 is 0 Å². The summed E-state index contributed by atoms with van der Waals surface area (Å²) in [5, 5.41) is 0. The number of aromatic nitrogens is 1. The summed E-state index contributed by atoms with van der Waals surface area (Å²) in [6, 6.07) is 21.7. The first kappa shape index (κ1) is 23.3. The minimum atomic E-state index is -0.289. The van der Waals surface area contributed by atoms with E-state index in [-0.39, 0.29) is 11.6 Å². The largest absolute Gasteiger partial charge is 0.496 e. The highest BCUT2D eigenvalue weighted by atomic mass is 32.1. The van der Waals surface area contributed by atoms with E-state index in [1.807, 2.05) is 53.1 Å². The lowest BCUT2D eigenvalue weighted by Crippen LogP contribution is -2.39. The van der Waals surface area contributed by atoms with Crippen molar-refractivity contribution in [3.8, 4) is 17.2 Å². The smallest absolute Gasteiger partial charge is 0.271 e. The number of allylic oxidation sites excluding steroid dienone is 1. The molecule has 6 rings (SSSR count). The number of aryl methyl sites for hydroxylation is 1. The summed E-state index contributed by atoms with van der Waals surface area (Å²) in [5.41, 5.74) is 6.29. The fourth-order valence-corrected chi connectivity index (χ4v) is 6.29. The highest BCUT2D eigenvalue weighted by Gasteiger charge is 2.33. The number of thiazole rings is 1. The monoisotopic (exact) mass is 510 g/mol. The van der Waals surface area contributed by atoms with Crippen LogP contribution in [0.2, 0.25) is 0 Å². The highest BCUT2D eigenvalue weighted by molar-refractivity contribution is 7.07. The van der Waals surface area contributed by atoms with Gasteiger partial charge in [0, 0.05) is 11.1 Å². The second-order valence-corrected chi connectivity index (χ2v) is 9.98. The molecule has 0 saturated carbocycles. The molecule has 0 radical (unpaired) electrons. The molecule has 0 unspecified atom stereocenters. The molecule has 1 atom stereocenters. The maximum absolute atomic E-state index is 14.0. The number of para-hydroxylation sites is 1. The van der Waals surface area contributed by atoms with E-state index in [4.69, 9.17) is 19.2 Å². The van der Waals surface area contributed by atoms with Gasteiger partial charge in [0.15, 0.2) is 16.3 Å². The molecule has 1 aliphatic carbocycles. The second kappa shape index (κ2) is 9.41. The number of hydrogen-bond donors (Lipinski definition) is 0. The second-order valence-electron chi connectivity index (χ2n) is 8.97. The van der Waals surface area contributed by atoms with Crippen LogP contribution in [0.15, 0.2) is 82.1 Å². The standard InChI is InChI=1S/C30H26N2O4S/c1-34-23-11-7-6-10-21(23)28-22-14-13-19-8-4-5-9-20(19)27(22)31-30-32(28)29(33)26(37-30)17-18-12-15-24(35-2)25(16-18)36-3/h4-12,15-17,28H,13-14H2,1-3H3/b26-17-/t28-/m1/s1. The third-order valence-electron chi connectivity index (χ3n) is 7.01. The van der Waals surface area contributed by atoms with E-state index >= 15 is 0 Å². The summed E-state index contributed by atoms with van der Waals surface area (Å²) in [7, 11) is 4.88. The fourth-order valence-electron chi connectivity index (χ4n) is 5.29. The Balaban J connectivity index is 1.61. The summed E-state index contributed by atoms with van der Waals surface area (Å²) < 4.78 is 19.0. The van der Waals surface area contributed by atoms with E-state index in [1.165, 1.54) is 16.9 Å². The van der Waals surface area contributed by atoms with E-state index in [1.54, 1.807) is 21.3 Å². The van der Waals surface area contributed by atoms with E-state index in [0.29, 0.717) is 20.8 Å². The van der Waals surface area contributed by atoms with Crippen molar-refractivity contribution in [1.82, 2.24) is 4.57 Å². The maximum atomic E-state index is 14.0. The number of fused-ring (bicyclic) bond motifs is 3. The van der Waals surface area contributed by atoms with Crippen molar-refractivity contribution in [2.45, 2.75) is 18.9 Å². The normalized spacial score (nSPS) is 16.4. The van der Waals surface area contributed by atoms with E-state index in [2.05, 4.69) is 24.3 Å². The lowest BCUT2D eigenvalue weighted by Gasteiger charge is -2.31. The molecule has 0 fully saturated rings. The molecule has 0 spiro atoms. The van der Waals surface area contributed by atoms with Crippen LogP contribution < -0.4 is 29.1 Å². The molecule has 0 bridgehead atoms. The molecular weight excluding hydrogens is 484 g/mol. The number of ether oxygens (including phenoxy) is 3. The summed E-state index contributed by atoms with van der Waals surface area (Å²) in [6.07, 6.45) is 3.63. The van der Waals surface area contributed by atoms with Gasteiger partial charge in [-0.05, 0) is 53.8 Å². The number of hydrogen-bond acceptors (Lipinski definition) is 6. The van der Waals surface area contributed by atoms with Crippen molar-refractivity contribution < 1.29 is 14.2 Å². The van der Waals surface area contributed by atoms with Gasteiger partial charge in [0.2, 0.25) is 0 Å². The SMILES string of the molecule is COc1ccc(/C=c2\sc3n(c2=O)[C@H](c2ccccc2OC)C2=C(N=3)c3ccccc3CC2)cc1OC. The molecular formula is C30H26N2O4S. The van der Waals surface area contributed by atoms with Crippen molar-refractivity contribution in [2.24, 2.45) is 4.99 Å². The Morgan fingerprint density at radius 3 is 2.46 bits per heavy atom. The van der Waals surface area contributed by atoms with E-state index in [0.717, 1.165) is 46.6 Å². The van der Waals surface area contributed by atoms with Crippen LogP contribution in [0.4, 0.5) is 0 Å². The molecule has 1 aliphatic heterocycles. The first-order valence-corrected chi connectivity index (χ1v) is 12.9. The number of methoxy groups -OCH3 is 3. The van der Waals surface area contributed by atoms with Crippen LogP contribution in [-0.2, 0) is 6.42 Å². The predicted octanol–water partition coefficient (Wildman–Crippen LogP) is 4.34. The van der Waals surface area contributed by atoms with Gasteiger partial charge in [-0.15, -0.1) is 0 Å². The van der Waals surface area contributed by atoms with Crippen molar-refractivity contribution in [1.29, 1.82) is 0 Å². The van der Waals surface area contributed by atoms with Crippen molar-refractivity contribution in [2.75, 3.05) is 21.3 Å². The quantitative estimate of drug-likeness (QED) is 0.401. The van der Waals surface area contributed by atoms with Crippen LogP contribution in [-0.4, -0.2) is 25.9 Å². The van der Waals surface area contributed by atoms with Crippen LogP contribution in [0.5, 0.6) is 17.2 Å². The lowest BCUT2D eigenvalue weighted by molar-refractivity contribution is 0.355. The first-order valence-electron chi connectivity index (χ1n) is 12.1. The topological polar surface area (TPSA) is 62.0 Å². The zero-order valence-electron chi connectivity index (χ0n) is 20.9. The molecule has 0 amide bonds. The van der Waals surface area contributed by atoms with Crippen LogP contribution in [0.3, 0.4) is 0 Å². The maximum Gasteiger partial charge on any atom is 0.271 e. The zero-order valence-corrected chi connectivity index (χ0v) is 21.7. The minimum absolute atomic E-state index is 0.0696. The lowest BCUT2D eigenvalue weighted by atomic mass is 9.83. The average Bonchev–Trinajstić information content (AvgIpc) is 3.25. The third kappa shape index (κ3) is 3.86. The van der Waals surface area contributed by atoms with Gasteiger partial charge in [0.05, 0.1) is 37.6 Å². The summed E-state index contributed by atoms with van der Waals surface area (Å²) in [4.78, 5) is 19.7. The fraction of sp³-hybridized carbons (Fsp3) is 0.200. The van der Waals surface area contributed by atoms with Crippen LogP contribution in [0, 0.1) is 0 Å². The Bertz CT molecular complexity index is 1730. The summed E-state index contributed by atoms with van der Waals surface area (Å²) in [5.74, 6) is 2.01. The van der Waals surface area contributed by atoms with E-state index in [9.17, 15) is 4.79 Å². The molecule has 186 valence electrons. The number of rotatable bonds is 5. The van der Waals surface area contributed by atoms with Crippen LogP contribution in [0.1, 0.15) is 34.7 Å². The van der Waals surface area contributed by atoms with Gasteiger partial charge in [0.1, 0.15) is 5.75 Å². The Morgan fingerprint density at radius 1 is 0.892 bits per heavy atom. The highest BCUT2D eigenvalue weighted by Crippen LogP contribution is 2.43. The zero-order chi connectivity index (χ0) is 25.5. The number of benzene rings is 3. The molecule has 1 aromatic heterocycles. The summed E-state index contributed by atoms with van der Waals surface area (Å²) in [6.45, 7) is 0. The van der Waals surface area contributed by atoms with Gasteiger partial charge in [-0.3, -0.25) is 9.36 Å². The van der Waals surface area contributed by atoms with Crippen molar-refractivity contribution >= 4 is 23.1 Å². The Labute approximate surface area is 218 Å². The Kier molecular flexibility index (Phi) is 5.93. The molecule has 0 N–H and O–H groups in total. The van der Waals surface area contributed by atoms with Gasteiger partial charge in [0.25, 0.3) is 5.56 Å². The summed E-state index contributed by atoms with van der Waals surface area (Å²) >= 11 is 1.40. The Hall–Kier alpha value is -4.10. The van der Waals surface area contributed by atoms with E-state index < -0.39 is 0 Å². The van der Waals surface area contributed by atoms with Gasteiger partial charge in [-0.25, -0.2) is 4.99 Å². The molecule has 2 aliphatic rings. The molecule has 2 heterocycles. The van der Waals surface area contributed by atoms with Crippen molar-refractivity contribution in [3.63, 3.8) is 0 Å². The van der Waals surface area contributed by atoms with Crippen molar-refractivity contribution in [3.05, 3.63) is 114 Å². The molecule has 4 aromatic rings. The third-order valence-corrected chi connectivity index (χ3v) is 7.99. The molecule has 7 heteroatoms. The van der Waals surface area contributed by atoms with Gasteiger partial charge in [-0.2, -0.15) is 0 Å². The molecule has 3 aromatic carbocycles. The van der Waals surface area contributed by atoms with Crippen LogP contribution >= 0.6 is 11.3 Å². The predicted molar refractivity (Wildman–Crippen MR) is 145 cm³/mol. The minimum Gasteiger partial charge on any atom is -0.496 e. The van der Waals surface area contributed by atoms with Gasteiger partial charge < -0.3 is 14.2 Å². The van der Waals surface area contributed by atoms with Gasteiger partial charge in [-0.1, -0.05) is 59.9 Å². The van der Waals surface area contributed by atoms with Crippen LogP contribution in [0.25, 0.3) is 11.8 Å². The first-order chi connectivity index (χ1) is 18.1.